The van der Waals surface area contributed by atoms with Crippen LogP contribution in [0.1, 0.15) is 21.5 Å². The average Bonchev–Trinajstić information content (AvgIpc) is 2.71. The summed E-state index contributed by atoms with van der Waals surface area (Å²) >= 11 is 11.9. The Bertz CT molecular complexity index is 1100. The van der Waals surface area contributed by atoms with Crippen molar-refractivity contribution in [2.75, 3.05) is 11.9 Å². The van der Waals surface area contributed by atoms with Gasteiger partial charge in [0.05, 0.1) is 23.4 Å². The van der Waals surface area contributed by atoms with Gasteiger partial charge in [0.15, 0.2) is 0 Å². The van der Waals surface area contributed by atoms with E-state index in [0.717, 1.165) is 23.8 Å². The van der Waals surface area contributed by atoms with Crippen molar-refractivity contribution in [3.63, 3.8) is 0 Å². The molecule has 3 rings (SSSR count). The van der Waals surface area contributed by atoms with Gasteiger partial charge in [0.2, 0.25) is 0 Å². The Morgan fingerprint density at radius 1 is 1.03 bits per heavy atom. The third kappa shape index (κ3) is 5.83. The summed E-state index contributed by atoms with van der Waals surface area (Å²) in [7, 11) is 0. The maximum Gasteiger partial charge on any atom is 0.416 e. The molecule has 9 heteroatoms. The van der Waals surface area contributed by atoms with Crippen LogP contribution in [0.3, 0.4) is 0 Å². The maximum atomic E-state index is 13.2. The number of halogens is 5. The molecule has 0 aliphatic rings. The van der Waals surface area contributed by atoms with Crippen LogP contribution in [-0.2, 0) is 12.6 Å². The maximum absolute atomic E-state index is 13.2. The normalized spacial score (nSPS) is 11.3. The zero-order valence-electron chi connectivity index (χ0n) is 15.8. The summed E-state index contributed by atoms with van der Waals surface area (Å²) in [4.78, 5) is 12.6. The first-order valence-corrected chi connectivity index (χ1v) is 9.78. The molecule has 3 aromatic carbocycles. The number of carbonyl (C=O) groups excluding carboxylic acids is 1. The van der Waals surface area contributed by atoms with Crippen molar-refractivity contribution in [2.45, 2.75) is 12.6 Å². The summed E-state index contributed by atoms with van der Waals surface area (Å²) in [6, 6.07) is 13.7. The fourth-order valence-corrected chi connectivity index (χ4v) is 3.18. The van der Waals surface area contributed by atoms with Gasteiger partial charge in [-0.05, 0) is 48.0 Å². The zero-order valence-corrected chi connectivity index (χ0v) is 17.4. The van der Waals surface area contributed by atoms with Crippen molar-refractivity contribution in [1.82, 2.24) is 0 Å². The molecule has 0 atom stereocenters. The summed E-state index contributed by atoms with van der Waals surface area (Å²) in [6.07, 6.45) is -4.21. The van der Waals surface area contributed by atoms with Crippen molar-refractivity contribution >= 4 is 34.8 Å². The van der Waals surface area contributed by atoms with Crippen LogP contribution in [0.4, 0.5) is 18.9 Å². The Morgan fingerprint density at radius 3 is 2.48 bits per heavy atom. The van der Waals surface area contributed by atoms with E-state index in [1.807, 2.05) is 12.1 Å². The molecular formula is C22H16Cl2F3NO3. The Morgan fingerprint density at radius 2 is 1.77 bits per heavy atom. The molecule has 0 radical (unpaired) electrons. The molecule has 0 aromatic heterocycles. The number of benzene rings is 3. The number of carbonyl (C=O) groups is 1. The van der Waals surface area contributed by atoms with Crippen LogP contribution in [0.25, 0.3) is 0 Å². The highest BCUT2D eigenvalue weighted by Gasteiger charge is 2.31. The molecule has 0 aliphatic carbocycles. The van der Waals surface area contributed by atoms with E-state index >= 15 is 0 Å². The number of amides is 1. The fraction of sp³-hybridized carbons (Fsp3) is 0.136. The Hall–Kier alpha value is -2.90. The second-order valence-electron chi connectivity index (χ2n) is 6.51. The number of aromatic hydroxyl groups is 1. The van der Waals surface area contributed by atoms with Crippen molar-refractivity contribution in [3.8, 4) is 11.5 Å². The predicted molar refractivity (Wildman–Crippen MR) is 113 cm³/mol. The van der Waals surface area contributed by atoms with E-state index in [2.05, 4.69) is 5.32 Å². The lowest BCUT2D eigenvalue weighted by atomic mass is 10.1. The van der Waals surface area contributed by atoms with Gasteiger partial charge < -0.3 is 15.2 Å². The van der Waals surface area contributed by atoms with Crippen LogP contribution in [0, 0.1) is 0 Å². The summed E-state index contributed by atoms with van der Waals surface area (Å²) in [5.41, 5.74) is -0.535. The number of ether oxygens (including phenoxy) is 1. The molecule has 0 spiro atoms. The molecule has 0 aliphatic heterocycles. The van der Waals surface area contributed by atoms with E-state index in [9.17, 15) is 23.1 Å². The molecule has 0 saturated carbocycles. The second kappa shape index (κ2) is 9.49. The molecule has 0 bridgehead atoms. The van der Waals surface area contributed by atoms with E-state index in [4.69, 9.17) is 27.9 Å². The van der Waals surface area contributed by atoms with Crippen molar-refractivity contribution in [2.24, 2.45) is 0 Å². The molecule has 0 heterocycles. The van der Waals surface area contributed by atoms with Gasteiger partial charge in [0.1, 0.15) is 11.5 Å². The number of alkyl halides is 3. The van der Waals surface area contributed by atoms with Gasteiger partial charge in [-0.25, -0.2) is 0 Å². The van der Waals surface area contributed by atoms with Gasteiger partial charge in [-0.15, -0.1) is 0 Å². The minimum absolute atomic E-state index is 0.0370. The van der Waals surface area contributed by atoms with Gasteiger partial charge in [-0.3, -0.25) is 4.79 Å². The number of anilines is 1. The van der Waals surface area contributed by atoms with Crippen LogP contribution in [-0.4, -0.2) is 17.6 Å². The smallest absolute Gasteiger partial charge is 0.416 e. The molecule has 2 N–H and O–H groups in total. The first-order valence-electron chi connectivity index (χ1n) is 9.02. The molecule has 4 nitrogen and oxygen atoms in total. The van der Waals surface area contributed by atoms with Gasteiger partial charge in [-0.1, -0.05) is 41.4 Å². The lowest BCUT2D eigenvalue weighted by molar-refractivity contribution is -0.137. The topological polar surface area (TPSA) is 58.6 Å². The number of rotatable bonds is 6. The first kappa shape index (κ1) is 22.8. The molecule has 0 unspecified atom stereocenters. The number of phenolic OH excluding ortho intramolecular Hbond substituents is 1. The lowest BCUT2D eigenvalue weighted by Crippen LogP contribution is -2.15. The number of nitrogens with one attached hydrogen (secondary N) is 1. The molecule has 1 amide bonds. The van der Waals surface area contributed by atoms with Crippen LogP contribution < -0.4 is 10.1 Å². The quantitative estimate of drug-likeness (QED) is 0.427. The van der Waals surface area contributed by atoms with Crippen LogP contribution in [0.5, 0.6) is 11.5 Å². The highest BCUT2D eigenvalue weighted by atomic mass is 35.5. The Balaban J connectivity index is 1.84. The fourth-order valence-electron chi connectivity index (χ4n) is 2.78. The highest BCUT2D eigenvalue weighted by molar-refractivity contribution is 6.31. The molecule has 0 fully saturated rings. The van der Waals surface area contributed by atoms with E-state index in [1.165, 1.54) is 18.2 Å². The summed E-state index contributed by atoms with van der Waals surface area (Å²) < 4.78 is 45.1. The molecule has 0 saturated heterocycles. The third-order valence-electron chi connectivity index (χ3n) is 4.35. The van der Waals surface area contributed by atoms with E-state index < -0.39 is 17.6 Å². The van der Waals surface area contributed by atoms with E-state index in [-0.39, 0.29) is 34.4 Å². The zero-order chi connectivity index (χ0) is 22.6. The van der Waals surface area contributed by atoms with Gasteiger partial charge in [-0.2, -0.15) is 13.2 Å². The standard InChI is InChI=1S/C22H16Cl2F3NO3/c23-15-6-7-19(29)16(12-15)21(30)28-18-11-14(22(25,26)27)5-8-20(18)31-10-9-13-3-1-2-4-17(13)24/h1-8,11-12,29H,9-10H2,(H,28,30). The van der Waals surface area contributed by atoms with Crippen LogP contribution >= 0.6 is 23.2 Å². The van der Waals surface area contributed by atoms with E-state index in [1.54, 1.807) is 12.1 Å². The monoisotopic (exact) mass is 469 g/mol. The largest absolute Gasteiger partial charge is 0.507 e. The van der Waals surface area contributed by atoms with Crippen LogP contribution in [0.15, 0.2) is 60.7 Å². The highest BCUT2D eigenvalue weighted by Crippen LogP contribution is 2.36. The van der Waals surface area contributed by atoms with Crippen LogP contribution in [0.2, 0.25) is 10.0 Å². The van der Waals surface area contributed by atoms with Gasteiger partial charge in [0, 0.05) is 16.5 Å². The van der Waals surface area contributed by atoms with Crippen molar-refractivity contribution in [1.29, 1.82) is 0 Å². The lowest BCUT2D eigenvalue weighted by Gasteiger charge is -2.16. The van der Waals surface area contributed by atoms with Gasteiger partial charge >= 0.3 is 6.18 Å². The Kier molecular flexibility index (Phi) is 6.97. The van der Waals surface area contributed by atoms with E-state index in [0.29, 0.717) is 11.4 Å². The summed E-state index contributed by atoms with van der Waals surface area (Å²) in [5, 5.41) is 13.0. The molecule has 3 aromatic rings. The number of phenols is 1. The third-order valence-corrected chi connectivity index (χ3v) is 4.95. The summed E-state index contributed by atoms with van der Waals surface area (Å²) in [6.45, 7) is 0.111. The first-order chi connectivity index (χ1) is 14.6. The number of hydrogen-bond acceptors (Lipinski definition) is 3. The number of hydrogen-bond donors (Lipinski definition) is 2. The van der Waals surface area contributed by atoms with Crippen molar-refractivity contribution in [3.05, 3.63) is 87.4 Å². The molecular weight excluding hydrogens is 454 g/mol. The second-order valence-corrected chi connectivity index (χ2v) is 7.36. The summed E-state index contributed by atoms with van der Waals surface area (Å²) in [5.74, 6) is -1.17. The van der Waals surface area contributed by atoms with Gasteiger partial charge in [0.25, 0.3) is 5.91 Å². The minimum Gasteiger partial charge on any atom is -0.507 e. The minimum atomic E-state index is -4.62. The Labute approximate surface area is 186 Å². The SMILES string of the molecule is O=C(Nc1cc(C(F)(F)F)ccc1OCCc1ccccc1Cl)c1cc(Cl)ccc1O. The molecule has 31 heavy (non-hydrogen) atoms. The predicted octanol–water partition coefficient (Wildman–Crippen LogP) is 6.59. The molecule has 162 valence electrons. The van der Waals surface area contributed by atoms with Crippen molar-refractivity contribution < 1.29 is 27.8 Å². The average molecular weight is 470 g/mol.